The van der Waals surface area contributed by atoms with E-state index in [1.165, 1.54) is 0 Å². The van der Waals surface area contributed by atoms with Gasteiger partial charge in [0.05, 0.1) is 11.2 Å². The highest BCUT2D eigenvalue weighted by Gasteiger charge is 2.28. The lowest BCUT2D eigenvalue weighted by Crippen LogP contribution is -2.42. The Hall–Kier alpha value is -1.69. The first-order chi connectivity index (χ1) is 9.91. The van der Waals surface area contributed by atoms with Crippen LogP contribution in [0.1, 0.15) is 48.9 Å². The zero-order valence-corrected chi connectivity index (χ0v) is 11.8. The van der Waals surface area contributed by atoms with Crippen LogP contribution >= 0.6 is 0 Å². The minimum Gasteiger partial charge on any atom is -0.398 e. The maximum atomic E-state index is 13.2. The van der Waals surface area contributed by atoms with Crippen LogP contribution in [-0.2, 0) is 0 Å². The number of nitrogens with one attached hydrogen (secondary N) is 1. The molecule has 2 rings (SSSR count). The number of anilines is 1. The van der Waals surface area contributed by atoms with Gasteiger partial charge in [0.15, 0.2) is 11.6 Å². The smallest absolute Gasteiger partial charge is 0.253 e. The van der Waals surface area contributed by atoms with Crippen LogP contribution < -0.4 is 11.1 Å². The maximum Gasteiger partial charge on any atom is 0.253 e. The molecule has 1 fully saturated rings. The molecular formula is C15H20F2N2O2. The van der Waals surface area contributed by atoms with Crippen molar-refractivity contribution >= 4 is 11.6 Å². The third-order valence-corrected chi connectivity index (χ3v) is 3.95. The molecule has 0 heterocycles. The minimum atomic E-state index is -1.12. The summed E-state index contributed by atoms with van der Waals surface area (Å²) in [4.78, 5) is 12.0. The number of hydrogen-bond donors (Lipinski definition) is 3. The highest BCUT2D eigenvalue weighted by Crippen LogP contribution is 2.26. The SMILES string of the molecule is Nc1cc(F)c(F)cc1C(=O)NCC1(O)CCCCCC1. The number of halogens is 2. The van der Waals surface area contributed by atoms with Gasteiger partial charge in [-0.3, -0.25) is 4.79 Å². The summed E-state index contributed by atoms with van der Waals surface area (Å²) in [5, 5.41) is 13.0. The van der Waals surface area contributed by atoms with Crippen LogP contribution in [0.4, 0.5) is 14.5 Å². The number of rotatable bonds is 3. The number of carbonyl (C=O) groups is 1. The van der Waals surface area contributed by atoms with E-state index in [4.69, 9.17) is 5.73 Å². The molecule has 0 spiro atoms. The van der Waals surface area contributed by atoms with E-state index in [9.17, 15) is 18.7 Å². The zero-order chi connectivity index (χ0) is 15.5. The van der Waals surface area contributed by atoms with Crippen LogP contribution in [0.2, 0.25) is 0 Å². The molecule has 0 radical (unpaired) electrons. The molecule has 0 aliphatic heterocycles. The first-order valence-corrected chi connectivity index (χ1v) is 7.16. The predicted molar refractivity (Wildman–Crippen MR) is 75.8 cm³/mol. The molecule has 0 bridgehead atoms. The zero-order valence-electron chi connectivity index (χ0n) is 11.8. The third-order valence-electron chi connectivity index (χ3n) is 3.95. The second kappa shape index (κ2) is 6.39. The van der Waals surface area contributed by atoms with Crippen LogP contribution in [0.3, 0.4) is 0 Å². The Morgan fingerprint density at radius 1 is 1.19 bits per heavy atom. The Morgan fingerprint density at radius 2 is 1.76 bits per heavy atom. The highest BCUT2D eigenvalue weighted by molar-refractivity contribution is 5.99. The number of benzene rings is 1. The van der Waals surface area contributed by atoms with Crippen molar-refractivity contribution in [1.82, 2.24) is 5.32 Å². The Labute approximate surface area is 122 Å². The van der Waals surface area contributed by atoms with Gasteiger partial charge in [0.25, 0.3) is 5.91 Å². The number of nitrogens with two attached hydrogens (primary N) is 1. The van der Waals surface area contributed by atoms with Gasteiger partial charge < -0.3 is 16.2 Å². The van der Waals surface area contributed by atoms with E-state index in [0.29, 0.717) is 12.8 Å². The summed E-state index contributed by atoms with van der Waals surface area (Å²) >= 11 is 0. The fraction of sp³-hybridized carbons (Fsp3) is 0.533. The fourth-order valence-corrected chi connectivity index (χ4v) is 2.66. The molecule has 4 nitrogen and oxygen atoms in total. The van der Waals surface area contributed by atoms with Gasteiger partial charge in [-0.2, -0.15) is 0 Å². The molecule has 0 atom stereocenters. The highest BCUT2D eigenvalue weighted by atomic mass is 19.2. The second-order valence-electron chi connectivity index (χ2n) is 5.67. The molecule has 4 N–H and O–H groups in total. The maximum absolute atomic E-state index is 13.2. The third kappa shape index (κ3) is 3.91. The monoisotopic (exact) mass is 298 g/mol. The summed E-state index contributed by atoms with van der Waals surface area (Å²) in [6.07, 6.45) is 5.24. The average Bonchev–Trinajstić information content (AvgIpc) is 2.66. The van der Waals surface area contributed by atoms with Crippen molar-refractivity contribution in [3.8, 4) is 0 Å². The molecule has 1 amide bonds. The standard InChI is InChI=1S/C15H20F2N2O2/c16-11-7-10(13(18)8-12(11)17)14(20)19-9-15(21)5-3-1-2-4-6-15/h7-8,21H,1-6,9,18H2,(H,19,20). The van der Waals surface area contributed by atoms with Crippen molar-refractivity contribution in [3.05, 3.63) is 29.3 Å². The topological polar surface area (TPSA) is 75.4 Å². The van der Waals surface area contributed by atoms with Gasteiger partial charge in [-0.1, -0.05) is 25.7 Å². The molecule has 21 heavy (non-hydrogen) atoms. The molecule has 1 aromatic carbocycles. The normalized spacial score (nSPS) is 18.0. The van der Waals surface area contributed by atoms with E-state index >= 15 is 0 Å². The molecule has 116 valence electrons. The summed E-state index contributed by atoms with van der Waals surface area (Å²) in [5.74, 6) is -2.82. The molecule has 1 aliphatic rings. The molecular weight excluding hydrogens is 278 g/mol. The van der Waals surface area contributed by atoms with Crippen molar-refractivity contribution in [3.63, 3.8) is 0 Å². The summed E-state index contributed by atoms with van der Waals surface area (Å²) in [6, 6.07) is 1.56. The van der Waals surface area contributed by atoms with Gasteiger partial charge in [0.2, 0.25) is 0 Å². The summed E-state index contributed by atoms with van der Waals surface area (Å²) in [6.45, 7) is 0.0876. The van der Waals surface area contributed by atoms with Crippen molar-refractivity contribution in [2.24, 2.45) is 0 Å². The quantitative estimate of drug-likeness (QED) is 0.592. The van der Waals surface area contributed by atoms with Crippen molar-refractivity contribution in [2.75, 3.05) is 12.3 Å². The number of hydrogen-bond acceptors (Lipinski definition) is 3. The predicted octanol–water partition coefficient (Wildman–Crippen LogP) is 2.36. The van der Waals surface area contributed by atoms with Gasteiger partial charge >= 0.3 is 0 Å². The second-order valence-corrected chi connectivity index (χ2v) is 5.67. The molecule has 1 aromatic rings. The molecule has 1 saturated carbocycles. The first-order valence-electron chi connectivity index (χ1n) is 7.16. The van der Waals surface area contributed by atoms with Crippen LogP contribution in [0, 0.1) is 11.6 Å². The number of aliphatic hydroxyl groups is 1. The van der Waals surface area contributed by atoms with Crippen molar-refractivity contribution in [1.29, 1.82) is 0 Å². The number of nitrogen functional groups attached to an aromatic ring is 1. The molecule has 0 saturated heterocycles. The Morgan fingerprint density at radius 3 is 2.38 bits per heavy atom. The van der Waals surface area contributed by atoms with Crippen LogP contribution in [0.25, 0.3) is 0 Å². The van der Waals surface area contributed by atoms with Gasteiger partial charge in [-0.15, -0.1) is 0 Å². The lowest BCUT2D eigenvalue weighted by molar-refractivity contribution is 0.0246. The van der Waals surface area contributed by atoms with Crippen molar-refractivity contribution in [2.45, 2.75) is 44.1 Å². The first kappa shape index (κ1) is 15.7. The molecule has 6 heteroatoms. The lowest BCUT2D eigenvalue weighted by atomic mass is 9.94. The summed E-state index contributed by atoms with van der Waals surface area (Å²) in [5.41, 5.74) is 4.35. The Balaban J connectivity index is 2.03. The Kier molecular flexibility index (Phi) is 4.77. The van der Waals surface area contributed by atoms with Crippen LogP contribution in [-0.4, -0.2) is 23.2 Å². The van der Waals surface area contributed by atoms with E-state index < -0.39 is 23.1 Å². The largest absolute Gasteiger partial charge is 0.398 e. The van der Waals surface area contributed by atoms with Crippen LogP contribution in [0.15, 0.2) is 12.1 Å². The molecule has 0 unspecified atom stereocenters. The Bertz CT molecular complexity index is 527. The summed E-state index contributed by atoms with van der Waals surface area (Å²) in [7, 11) is 0. The molecule has 1 aliphatic carbocycles. The summed E-state index contributed by atoms with van der Waals surface area (Å²) < 4.78 is 26.2. The van der Waals surface area contributed by atoms with Gasteiger partial charge in [0, 0.05) is 18.3 Å². The number of amides is 1. The van der Waals surface area contributed by atoms with Gasteiger partial charge in [0.1, 0.15) is 0 Å². The molecule has 0 aromatic heterocycles. The van der Waals surface area contributed by atoms with E-state index in [0.717, 1.165) is 37.8 Å². The average molecular weight is 298 g/mol. The van der Waals surface area contributed by atoms with Gasteiger partial charge in [-0.25, -0.2) is 8.78 Å². The van der Waals surface area contributed by atoms with Crippen molar-refractivity contribution < 1.29 is 18.7 Å². The van der Waals surface area contributed by atoms with Gasteiger partial charge in [-0.05, 0) is 18.9 Å². The van der Waals surface area contributed by atoms with E-state index in [1.54, 1.807) is 0 Å². The van der Waals surface area contributed by atoms with E-state index in [2.05, 4.69) is 5.32 Å². The fourth-order valence-electron chi connectivity index (χ4n) is 2.66. The number of carbonyl (C=O) groups excluding carboxylic acids is 1. The minimum absolute atomic E-state index is 0.0876. The van der Waals surface area contributed by atoms with E-state index in [1.807, 2.05) is 0 Å². The van der Waals surface area contributed by atoms with E-state index in [-0.39, 0.29) is 17.8 Å². The lowest BCUT2D eigenvalue weighted by Gasteiger charge is -2.26. The van der Waals surface area contributed by atoms with Crippen LogP contribution in [0.5, 0.6) is 0 Å².